The van der Waals surface area contributed by atoms with Crippen molar-refractivity contribution in [3.63, 3.8) is 0 Å². The van der Waals surface area contributed by atoms with Crippen LogP contribution >= 0.6 is 11.6 Å². The molecule has 0 atom stereocenters. The second kappa shape index (κ2) is 4.40. The highest BCUT2D eigenvalue weighted by molar-refractivity contribution is 6.31. The largest absolute Gasteiger partial charge is 0.0847 e. The molecule has 0 aromatic carbocycles. The maximum Gasteiger partial charge on any atom is 0.0366 e. The van der Waals surface area contributed by atoms with Crippen LogP contribution in [0.2, 0.25) is 0 Å². The lowest BCUT2D eigenvalue weighted by Gasteiger charge is -2.00. The SMILES string of the molecule is CCC1=C/CC/C=C(Cl)/C=C\1. The Hall–Kier alpha value is -0.490. The van der Waals surface area contributed by atoms with Crippen LogP contribution in [-0.4, -0.2) is 0 Å². The molecule has 0 nitrogen and oxygen atoms in total. The maximum atomic E-state index is 5.86. The van der Waals surface area contributed by atoms with Crippen molar-refractivity contribution in [2.45, 2.75) is 26.2 Å². The average molecular weight is 169 g/mol. The molecule has 0 unspecified atom stereocenters. The quantitative estimate of drug-likeness (QED) is 0.559. The van der Waals surface area contributed by atoms with Crippen LogP contribution in [0.5, 0.6) is 0 Å². The van der Waals surface area contributed by atoms with E-state index in [0.717, 1.165) is 24.3 Å². The molecule has 1 rings (SSSR count). The standard InChI is InChI=1S/C10H13Cl/c1-2-9-5-3-4-6-10(11)8-7-9/h5-8H,2-4H2,1H3/b8-7-,9-5-,10-6-. The summed E-state index contributed by atoms with van der Waals surface area (Å²) in [5.74, 6) is 0. The zero-order chi connectivity index (χ0) is 8.10. The fourth-order valence-corrected chi connectivity index (χ4v) is 1.25. The molecule has 0 radical (unpaired) electrons. The van der Waals surface area contributed by atoms with E-state index < -0.39 is 0 Å². The third-order valence-electron chi connectivity index (χ3n) is 1.78. The minimum Gasteiger partial charge on any atom is -0.0847 e. The number of hydrogen-bond donors (Lipinski definition) is 0. The molecule has 60 valence electrons. The van der Waals surface area contributed by atoms with Crippen LogP contribution in [0.1, 0.15) is 26.2 Å². The second-order valence-corrected chi connectivity index (χ2v) is 3.07. The lowest BCUT2D eigenvalue weighted by molar-refractivity contribution is 1.01. The monoisotopic (exact) mass is 168 g/mol. The van der Waals surface area contributed by atoms with Crippen LogP contribution in [0.15, 0.2) is 34.9 Å². The lowest BCUT2D eigenvalue weighted by atomic mass is 10.1. The number of halogens is 1. The van der Waals surface area contributed by atoms with Crippen molar-refractivity contribution in [3.8, 4) is 0 Å². The Kier molecular flexibility index (Phi) is 3.44. The van der Waals surface area contributed by atoms with Gasteiger partial charge in [0.25, 0.3) is 0 Å². The van der Waals surface area contributed by atoms with Crippen molar-refractivity contribution in [1.29, 1.82) is 0 Å². The fraction of sp³-hybridized carbons (Fsp3) is 0.400. The third-order valence-corrected chi connectivity index (χ3v) is 2.06. The molecule has 0 aromatic rings. The topological polar surface area (TPSA) is 0 Å². The molecule has 1 heteroatoms. The molecule has 0 heterocycles. The first kappa shape index (κ1) is 8.61. The first-order valence-corrected chi connectivity index (χ1v) is 4.43. The Morgan fingerprint density at radius 1 is 1.27 bits per heavy atom. The summed E-state index contributed by atoms with van der Waals surface area (Å²) in [6.45, 7) is 2.16. The normalized spacial score (nSPS) is 30.7. The molecular formula is C10H13Cl. The zero-order valence-electron chi connectivity index (χ0n) is 6.81. The predicted molar refractivity (Wildman–Crippen MR) is 50.7 cm³/mol. The molecule has 1 aliphatic carbocycles. The molecule has 1 aliphatic rings. The van der Waals surface area contributed by atoms with Crippen molar-refractivity contribution in [2.75, 3.05) is 0 Å². The molecule has 0 saturated carbocycles. The third kappa shape index (κ3) is 2.94. The van der Waals surface area contributed by atoms with E-state index in [9.17, 15) is 0 Å². The number of hydrogen-bond acceptors (Lipinski definition) is 0. The molecule has 11 heavy (non-hydrogen) atoms. The number of rotatable bonds is 1. The summed E-state index contributed by atoms with van der Waals surface area (Å²) in [5.41, 5.74) is 1.39. The van der Waals surface area contributed by atoms with Crippen molar-refractivity contribution < 1.29 is 0 Å². The summed E-state index contributed by atoms with van der Waals surface area (Å²) in [7, 11) is 0. The van der Waals surface area contributed by atoms with Gasteiger partial charge < -0.3 is 0 Å². The Bertz CT molecular complexity index is 209. The van der Waals surface area contributed by atoms with Gasteiger partial charge in [-0.05, 0) is 25.3 Å². The summed E-state index contributed by atoms with van der Waals surface area (Å²) < 4.78 is 0. The van der Waals surface area contributed by atoms with Crippen LogP contribution in [0.3, 0.4) is 0 Å². The van der Waals surface area contributed by atoms with Gasteiger partial charge >= 0.3 is 0 Å². The van der Waals surface area contributed by atoms with Gasteiger partial charge in [-0.3, -0.25) is 0 Å². The molecule has 0 N–H and O–H groups in total. The van der Waals surface area contributed by atoms with Crippen molar-refractivity contribution >= 4 is 11.6 Å². The first-order chi connectivity index (χ1) is 5.33. The highest BCUT2D eigenvalue weighted by atomic mass is 35.5. The Labute approximate surface area is 73.3 Å². The molecule has 0 amide bonds. The Morgan fingerprint density at radius 2 is 2.00 bits per heavy atom. The summed E-state index contributed by atoms with van der Waals surface area (Å²) in [5, 5.41) is 0.865. The van der Waals surface area contributed by atoms with Crippen LogP contribution in [0.25, 0.3) is 0 Å². The summed E-state index contributed by atoms with van der Waals surface area (Å²) in [4.78, 5) is 0. The second-order valence-electron chi connectivity index (χ2n) is 2.63. The van der Waals surface area contributed by atoms with Crippen LogP contribution in [0.4, 0.5) is 0 Å². The molecule has 0 bridgehead atoms. The van der Waals surface area contributed by atoms with Crippen molar-refractivity contribution in [2.24, 2.45) is 0 Å². The van der Waals surface area contributed by atoms with Gasteiger partial charge in [-0.25, -0.2) is 0 Å². The van der Waals surface area contributed by atoms with Gasteiger partial charge in [-0.2, -0.15) is 0 Å². The molecule has 0 aromatic heterocycles. The van der Waals surface area contributed by atoms with Gasteiger partial charge in [0.1, 0.15) is 0 Å². The van der Waals surface area contributed by atoms with Gasteiger partial charge in [-0.15, -0.1) is 0 Å². The van der Waals surface area contributed by atoms with Crippen LogP contribution in [-0.2, 0) is 0 Å². The van der Waals surface area contributed by atoms with E-state index in [1.54, 1.807) is 0 Å². The lowest BCUT2D eigenvalue weighted by Crippen LogP contribution is -1.79. The maximum absolute atomic E-state index is 5.86. The molecule has 0 saturated heterocycles. The smallest absolute Gasteiger partial charge is 0.0366 e. The van der Waals surface area contributed by atoms with E-state index in [1.165, 1.54) is 5.57 Å². The van der Waals surface area contributed by atoms with Gasteiger partial charge in [0.2, 0.25) is 0 Å². The van der Waals surface area contributed by atoms with Crippen molar-refractivity contribution in [1.82, 2.24) is 0 Å². The van der Waals surface area contributed by atoms with Crippen molar-refractivity contribution in [3.05, 3.63) is 34.9 Å². The predicted octanol–water partition coefficient (Wildman–Crippen LogP) is 3.80. The Morgan fingerprint density at radius 3 is 2.73 bits per heavy atom. The highest BCUT2D eigenvalue weighted by Gasteiger charge is 1.93. The van der Waals surface area contributed by atoms with Crippen LogP contribution < -0.4 is 0 Å². The minimum atomic E-state index is 0.865. The average Bonchev–Trinajstić information content (AvgIpc) is 1.98. The summed E-state index contributed by atoms with van der Waals surface area (Å²) >= 11 is 5.86. The summed E-state index contributed by atoms with van der Waals surface area (Å²) in [6.07, 6.45) is 11.7. The van der Waals surface area contributed by atoms with E-state index in [-0.39, 0.29) is 0 Å². The van der Waals surface area contributed by atoms with E-state index >= 15 is 0 Å². The minimum absolute atomic E-state index is 0.865. The fourth-order valence-electron chi connectivity index (χ4n) is 1.07. The number of allylic oxidation sites excluding steroid dienone is 6. The molecular weight excluding hydrogens is 156 g/mol. The van der Waals surface area contributed by atoms with E-state index in [2.05, 4.69) is 25.2 Å². The van der Waals surface area contributed by atoms with E-state index in [0.29, 0.717) is 0 Å². The van der Waals surface area contributed by atoms with Gasteiger partial charge in [0.15, 0.2) is 0 Å². The van der Waals surface area contributed by atoms with Crippen LogP contribution in [0, 0.1) is 0 Å². The first-order valence-electron chi connectivity index (χ1n) is 4.05. The van der Waals surface area contributed by atoms with E-state index in [1.807, 2.05) is 6.08 Å². The van der Waals surface area contributed by atoms with Gasteiger partial charge in [0.05, 0.1) is 0 Å². The Balaban J connectivity index is 2.71. The summed E-state index contributed by atoms with van der Waals surface area (Å²) in [6, 6.07) is 0. The zero-order valence-corrected chi connectivity index (χ0v) is 7.56. The van der Waals surface area contributed by atoms with Gasteiger partial charge in [-0.1, -0.05) is 42.3 Å². The van der Waals surface area contributed by atoms with Gasteiger partial charge in [0, 0.05) is 5.03 Å². The molecule has 0 aliphatic heterocycles. The highest BCUT2D eigenvalue weighted by Crippen LogP contribution is 2.14. The molecule has 0 spiro atoms. The van der Waals surface area contributed by atoms with E-state index in [4.69, 9.17) is 11.6 Å². The molecule has 0 fully saturated rings.